The van der Waals surface area contributed by atoms with Gasteiger partial charge in [-0.15, -0.1) is 0 Å². The topological polar surface area (TPSA) is 64.1 Å². The molecule has 0 fully saturated rings. The zero-order valence-corrected chi connectivity index (χ0v) is 11.6. The van der Waals surface area contributed by atoms with Gasteiger partial charge in [0.1, 0.15) is 0 Å². The van der Waals surface area contributed by atoms with Crippen molar-refractivity contribution in [2.75, 3.05) is 0 Å². The normalized spacial score (nSPS) is 14.3. The molecule has 0 aliphatic heterocycles. The first-order chi connectivity index (χ1) is 9.06. The Bertz CT molecular complexity index is 507. The number of aromatic nitrogens is 2. The highest BCUT2D eigenvalue weighted by atomic mass is 35.5. The smallest absolute Gasteiger partial charge is 0.0889 e. The first kappa shape index (κ1) is 14.1. The van der Waals surface area contributed by atoms with Crippen molar-refractivity contribution < 1.29 is 5.11 Å². The number of aliphatic hydroxyl groups excluding tert-OH is 1. The molecule has 102 valence electrons. The van der Waals surface area contributed by atoms with E-state index in [0.29, 0.717) is 18.0 Å². The summed E-state index contributed by atoms with van der Waals surface area (Å²) in [6, 6.07) is 9.56. The van der Waals surface area contributed by atoms with Crippen molar-refractivity contribution in [3.05, 3.63) is 52.8 Å². The highest BCUT2D eigenvalue weighted by Gasteiger charge is 2.16. The Balaban J connectivity index is 1.94. The first-order valence-electron chi connectivity index (χ1n) is 6.23. The zero-order valence-electron chi connectivity index (χ0n) is 10.8. The standard InChI is InChI=1S/C14H18ClN3O/c1-10-12(15)8-18(17-10)9-14(19)13(16)7-11-5-3-2-4-6-11/h2-6,8,13-14,19H,7,9,16H2,1H3. The summed E-state index contributed by atoms with van der Waals surface area (Å²) >= 11 is 5.93. The van der Waals surface area contributed by atoms with E-state index >= 15 is 0 Å². The van der Waals surface area contributed by atoms with Gasteiger partial charge in [-0.2, -0.15) is 5.10 Å². The fraction of sp³-hybridized carbons (Fsp3) is 0.357. The van der Waals surface area contributed by atoms with Crippen LogP contribution in [0.5, 0.6) is 0 Å². The van der Waals surface area contributed by atoms with Crippen LogP contribution in [0.25, 0.3) is 0 Å². The van der Waals surface area contributed by atoms with Gasteiger partial charge in [0.2, 0.25) is 0 Å². The maximum Gasteiger partial charge on any atom is 0.0889 e. The number of nitrogens with zero attached hydrogens (tertiary/aromatic N) is 2. The van der Waals surface area contributed by atoms with Crippen LogP contribution in [-0.4, -0.2) is 27.0 Å². The lowest BCUT2D eigenvalue weighted by atomic mass is 10.0. The molecular formula is C14H18ClN3O. The lowest BCUT2D eigenvalue weighted by molar-refractivity contribution is 0.121. The summed E-state index contributed by atoms with van der Waals surface area (Å²) in [5, 5.41) is 14.9. The van der Waals surface area contributed by atoms with E-state index < -0.39 is 6.10 Å². The molecule has 0 aliphatic rings. The second kappa shape index (κ2) is 6.19. The van der Waals surface area contributed by atoms with Gasteiger partial charge in [0, 0.05) is 12.2 Å². The molecule has 2 rings (SSSR count). The maximum absolute atomic E-state index is 10.1. The third-order valence-corrected chi connectivity index (χ3v) is 3.44. The molecular weight excluding hydrogens is 262 g/mol. The number of aryl methyl sites for hydroxylation is 1. The second-order valence-corrected chi connectivity index (χ2v) is 5.11. The molecule has 1 aromatic carbocycles. The second-order valence-electron chi connectivity index (χ2n) is 4.71. The minimum atomic E-state index is -0.657. The van der Waals surface area contributed by atoms with Crippen molar-refractivity contribution in [2.24, 2.45) is 5.73 Å². The van der Waals surface area contributed by atoms with E-state index in [4.69, 9.17) is 17.3 Å². The predicted molar refractivity (Wildman–Crippen MR) is 76.1 cm³/mol. The van der Waals surface area contributed by atoms with E-state index in [1.807, 2.05) is 37.3 Å². The van der Waals surface area contributed by atoms with Crippen LogP contribution in [0.15, 0.2) is 36.5 Å². The van der Waals surface area contributed by atoms with E-state index in [0.717, 1.165) is 11.3 Å². The third kappa shape index (κ3) is 3.80. The van der Waals surface area contributed by atoms with Gasteiger partial charge >= 0.3 is 0 Å². The largest absolute Gasteiger partial charge is 0.390 e. The third-order valence-electron chi connectivity index (χ3n) is 3.07. The molecule has 19 heavy (non-hydrogen) atoms. The number of hydrogen-bond acceptors (Lipinski definition) is 3. The molecule has 3 N–H and O–H groups in total. The van der Waals surface area contributed by atoms with E-state index in [2.05, 4.69) is 5.10 Å². The molecule has 1 heterocycles. The summed E-state index contributed by atoms with van der Waals surface area (Å²) in [6.45, 7) is 2.18. The summed E-state index contributed by atoms with van der Waals surface area (Å²) in [4.78, 5) is 0. The van der Waals surface area contributed by atoms with Crippen LogP contribution in [0, 0.1) is 6.92 Å². The minimum absolute atomic E-state index is 0.328. The minimum Gasteiger partial charge on any atom is -0.390 e. The van der Waals surface area contributed by atoms with Gasteiger partial charge in [-0.25, -0.2) is 0 Å². The summed E-state index contributed by atoms with van der Waals surface area (Å²) in [5.41, 5.74) is 7.89. The number of nitrogens with two attached hydrogens (primary N) is 1. The van der Waals surface area contributed by atoms with Crippen molar-refractivity contribution in [1.82, 2.24) is 9.78 Å². The molecule has 2 aromatic rings. The Kier molecular flexibility index (Phi) is 4.58. The van der Waals surface area contributed by atoms with Gasteiger partial charge < -0.3 is 10.8 Å². The van der Waals surface area contributed by atoms with Crippen LogP contribution >= 0.6 is 11.6 Å². The van der Waals surface area contributed by atoms with Crippen molar-refractivity contribution in [3.63, 3.8) is 0 Å². The van der Waals surface area contributed by atoms with E-state index in [1.54, 1.807) is 10.9 Å². The molecule has 0 bridgehead atoms. The predicted octanol–water partition coefficient (Wildman–Crippen LogP) is 1.78. The van der Waals surface area contributed by atoms with Crippen LogP contribution in [-0.2, 0) is 13.0 Å². The number of hydrogen-bond donors (Lipinski definition) is 2. The fourth-order valence-electron chi connectivity index (χ4n) is 1.94. The monoisotopic (exact) mass is 279 g/mol. The van der Waals surface area contributed by atoms with Gasteiger partial charge in [0.05, 0.1) is 23.4 Å². The molecule has 0 spiro atoms. The zero-order chi connectivity index (χ0) is 13.8. The van der Waals surface area contributed by atoms with Gasteiger partial charge in [-0.3, -0.25) is 4.68 Å². The lowest BCUT2D eigenvalue weighted by Crippen LogP contribution is -2.39. The Morgan fingerprint density at radius 3 is 2.63 bits per heavy atom. The van der Waals surface area contributed by atoms with Crippen LogP contribution in [0.2, 0.25) is 5.02 Å². The summed E-state index contributed by atoms with van der Waals surface area (Å²) < 4.78 is 1.63. The molecule has 4 nitrogen and oxygen atoms in total. The van der Waals surface area contributed by atoms with E-state index in [-0.39, 0.29) is 6.04 Å². The summed E-state index contributed by atoms with van der Waals surface area (Å²) in [7, 11) is 0. The summed E-state index contributed by atoms with van der Waals surface area (Å²) in [5.74, 6) is 0. The number of aliphatic hydroxyl groups is 1. The quantitative estimate of drug-likeness (QED) is 0.877. The molecule has 0 aliphatic carbocycles. The number of benzene rings is 1. The maximum atomic E-state index is 10.1. The highest BCUT2D eigenvalue weighted by Crippen LogP contribution is 2.13. The molecule has 2 atom stereocenters. The van der Waals surface area contributed by atoms with Crippen LogP contribution in [0.4, 0.5) is 0 Å². The van der Waals surface area contributed by atoms with Crippen molar-refractivity contribution in [2.45, 2.75) is 32.0 Å². The number of halogens is 1. The van der Waals surface area contributed by atoms with Crippen LogP contribution in [0.3, 0.4) is 0 Å². The van der Waals surface area contributed by atoms with Crippen LogP contribution < -0.4 is 5.73 Å². The van der Waals surface area contributed by atoms with Gasteiger partial charge in [0.15, 0.2) is 0 Å². The Morgan fingerprint density at radius 2 is 2.05 bits per heavy atom. The lowest BCUT2D eigenvalue weighted by Gasteiger charge is -2.18. The van der Waals surface area contributed by atoms with Crippen molar-refractivity contribution in [1.29, 1.82) is 0 Å². The summed E-state index contributed by atoms with van der Waals surface area (Å²) in [6.07, 6.45) is 1.68. The average molecular weight is 280 g/mol. The molecule has 0 amide bonds. The molecule has 0 radical (unpaired) electrons. The average Bonchev–Trinajstić information content (AvgIpc) is 2.69. The van der Waals surface area contributed by atoms with Crippen LogP contribution in [0.1, 0.15) is 11.3 Å². The first-order valence-corrected chi connectivity index (χ1v) is 6.61. The van der Waals surface area contributed by atoms with Gasteiger partial charge in [-0.1, -0.05) is 41.9 Å². The molecule has 0 saturated carbocycles. The van der Waals surface area contributed by atoms with Crippen molar-refractivity contribution >= 4 is 11.6 Å². The van der Waals surface area contributed by atoms with Gasteiger partial charge in [-0.05, 0) is 18.9 Å². The Hall–Kier alpha value is -1.36. The van der Waals surface area contributed by atoms with E-state index in [9.17, 15) is 5.11 Å². The molecule has 1 aromatic heterocycles. The highest BCUT2D eigenvalue weighted by molar-refractivity contribution is 6.31. The SMILES string of the molecule is Cc1nn(CC(O)C(N)Cc2ccccc2)cc1Cl. The number of rotatable bonds is 5. The Labute approximate surface area is 117 Å². The molecule has 5 heteroatoms. The van der Waals surface area contributed by atoms with Crippen molar-refractivity contribution in [3.8, 4) is 0 Å². The van der Waals surface area contributed by atoms with Gasteiger partial charge in [0.25, 0.3) is 0 Å². The van der Waals surface area contributed by atoms with E-state index in [1.165, 1.54) is 0 Å². The molecule has 0 saturated heterocycles. The Morgan fingerprint density at radius 1 is 1.37 bits per heavy atom. The molecule has 2 unspecified atom stereocenters. The fourth-order valence-corrected chi connectivity index (χ4v) is 2.09.